The molecule has 0 saturated heterocycles. The largest absolute Gasteiger partial charge is 0.493 e. The normalized spacial score (nSPS) is 12.5. The summed E-state index contributed by atoms with van der Waals surface area (Å²) in [7, 11) is 0. The van der Waals surface area contributed by atoms with E-state index < -0.39 is 6.04 Å². The number of benzene rings is 1. The maximum atomic E-state index is 10.4. The third-order valence-electron chi connectivity index (χ3n) is 2.10. The topological polar surface area (TPSA) is 52.3 Å². The van der Waals surface area contributed by atoms with Gasteiger partial charge in [-0.1, -0.05) is 26.0 Å². The zero-order valence-electron chi connectivity index (χ0n) is 9.77. The first-order valence-corrected chi connectivity index (χ1v) is 5.33. The van der Waals surface area contributed by atoms with E-state index in [0.29, 0.717) is 13.0 Å². The van der Waals surface area contributed by atoms with Crippen LogP contribution in [0.4, 0.5) is 0 Å². The Hall–Kier alpha value is -1.35. The van der Waals surface area contributed by atoms with E-state index in [9.17, 15) is 4.79 Å². The van der Waals surface area contributed by atoms with Gasteiger partial charge in [-0.05, 0) is 24.1 Å². The fourth-order valence-electron chi connectivity index (χ4n) is 1.27. The maximum absolute atomic E-state index is 10.4. The molecule has 3 heteroatoms. The minimum absolute atomic E-state index is 0.419. The van der Waals surface area contributed by atoms with Gasteiger partial charge in [0.15, 0.2) is 0 Å². The van der Waals surface area contributed by atoms with Crippen LogP contribution in [-0.4, -0.2) is 18.9 Å². The molecule has 0 spiro atoms. The summed E-state index contributed by atoms with van der Waals surface area (Å²) >= 11 is 0. The Balaban J connectivity index is 2.50. The van der Waals surface area contributed by atoms with Gasteiger partial charge >= 0.3 is 0 Å². The number of carbonyl (C=O) groups is 1. The fraction of sp³-hybridized carbons (Fsp3) is 0.385. The molecular formula is C13H18NO2. The van der Waals surface area contributed by atoms with Gasteiger partial charge in [0.2, 0.25) is 0 Å². The van der Waals surface area contributed by atoms with Gasteiger partial charge in [-0.15, -0.1) is 0 Å². The van der Waals surface area contributed by atoms with Crippen LogP contribution < -0.4 is 10.5 Å². The average molecular weight is 220 g/mol. The SMILES string of the molecule is C[C](C)COc1ccc(C[C@H](N)C=O)cc1. The van der Waals surface area contributed by atoms with E-state index in [4.69, 9.17) is 10.5 Å². The number of hydrogen-bond donors (Lipinski definition) is 1. The summed E-state index contributed by atoms with van der Waals surface area (Å²) in [4.78, 5) is 10.4. The first-order chi connectivity index (χ1) is 7.61. The Labute approximate surface area is 96.6 Å². The molecule has 0 aliphatic heterocycles. The minimum Gasteiger partial charge on any atom is -0.493 e. The third kappa shape index (κ3) is 4.45. The highest BCUT2D eigenvalue weighted by atomic mass is 16.5. The molecule has 0 bridgehead atoms. The Morgan fingerprint density at radius 2 is 2.00 bits per heavy atom. The van der Waals surface area contributed by atoms with Gasteiger partial charge in [-0.25, -0.2) is 0 Å². The fourth-order valence-corrected chi connectivity index (χ4v) is 1.27. The Kier molecular flexibility index (Phi) is 4.99. The number of rotatable bonds is 6. The summed E-state index contributed by atoms with van der Waals surface area (Å²) in [5, 5.41) is 0. The van der Waals surface area contributed by atoms with E-state index in [2.05, 4.69) is 0 Å². The van der Waals surface area contributed by atoms with Gasteiger partial charge < -0.3 is 15.3 Å². The van der Waals surface area contributed by atoms with Gasteiger partial charge in [0, 0.05) is 5.92 Å². The molecule has 1 aromatic rings. The van der Waals surface area contributed by atoms with Crippen molar-refractivity contribution in [3.05, 3.63) is 35.7 Å². The van der Waals surface area contributed by atoms with Crippen molar-refractivity contribution < 1.29 is 9.53 Å². The molecule has 0 unspecified atom stereocenters. The summed E-state index contributed by atoms with van der Waals surface area (Å²) < 4.78 is 5.52. The number of carbonyl (C=O) groups excluding carboxylic acids is 1. The predicted octanol–water partition coefficient (Wildman–Crippen LogP) is 1.75. The number of ether oxygens (including phenoxy) is 1. The van der Waals surface area contributed by atoms with Crippen molar-refractivity contribution in [2.24, 2.45) is 5.73 Å². The van der Waals surface area contributed by atoms with E-state index in [1.165, 1.54) is 5.92 Å². The first kappa shape index (κ1) is 12.7. The standard InChI is InChI=1S/C13H18NO2/c1-10(2)9-16-13-5-3-11(4-6-13)7-12(14)8-15/h3-6,8,12H,7,9,14H2,1-2H3/t12-/m0/s1. The van der Waals surface area contributed by atoms with Crippen molar-refractivity contribution in [2.45, 2.75) is 26.3 Å². The van der Waals surface area contributed by atoms with E-state index in [1.807, 2.05) is 38.1 Å². The third-order valence-corrected chi connectivity index (χ3v) is 2.10. The molecule has 16 heavy (non-hydrogen) atoms. The van der Waals surface area contributed by atoms with Crippen molar-refractivity contribution in [3.63, 3.8) is 0 Å². The van der Waals surface area contributed by atoms with Crippen LogP contribution in [0, 0.1) is 5.92 Å². The van der Waals surface area contributed by atoms with Gasteiger partial charge in [0.05, 0.1) is 12.6 Å². The van der Waals surface area contributed by atoms with Gasteiger partial charge in [-0.2, -0.15) is 0 Å². The van der Waals surface area contributed by atoms with Crippen LogP contribution >= 0.6 is 0 Å². The van der Waals surface area contributed by atoms with Crippen LogP contribution in [0.5, 0.6) is 5.75 Å². The van der Waals surface area contributed by atoms with Crippen LogP contribution in [-0.2, 0) is 11.2 Å². The van der Waals surface area contributed by atoms with Gasteiger partial charge in [0.1, 0.15) is 12.0 Å². The molecule has 87 valence electrons. The lowest BCUT2D eigenvalue weighted by atomic mass is 10.1. The summed E-state index contributed by atoms with van der Waals surface area (Å²) in [6.07, 6.45) is 1.34. The molecule has 0 aliphatic rings. The number of aldehydes is 1. The zero-order chi connectivity index (χ0) is 12.0. The second-order valence-electron chi connectivity index (χ2n) is 4.14. The molecule has 0 amide bonds. The lowest BCUT2D eigenvalue weighted by Crippen LogP contribution is -2.23. The van der Waals surface area contributed by atoms with Crippen molar-refractivity contribution in [1.82, 2.24) is 0 Å². The number of nitrogens with two attached hydrogens (primary N) is 1. The second-order valence-corrected chi connectivity index (χ2v) is 4.14. The maximum Gasteiger partial charge on any atom is 0.137 e. The number of hydrogen-bond acceptors (Lipinski definition) is 3. The Bertz CT molecular complexity index is 319. The molecule has 2 N–H and O–H groups in total. The van der Waals surface area contributed by atoms with Gasteiger partial charge in [-0.3, -0.25) is 0 Å². The van der Waals surface area contributed by atoms with Crippen LogP contribution in [0.25, 0.3) is 0 Å². The summed E-state index contributed by atoms with van der Waals surface area (Å²) in [6, 6.07) is 7.25. The molecular weight excluding hydrogens is 202 g/mol. The summed E-state index contributed by atoms with van der Waals surface area (Å²) in [5.41, 5.74) is 6.58. The lowest BCUT2D eigenvalue weighted by Gasteiger charge is -2.09. The molecule has 0 heterocycles. The highest BCUT2D eigenvalue weighted by molar-refractivity contribution is 5.57. The van der Waals surface area contributed by atoms with E-state index >= 15 is 0 Å². The Morgan fingerprint density at radius 3 is 2.50 bits per heavy atom. The zero-order valence-corrected chi connectivity index (χ0v) is 9.77. The average Bonchev–Trinajstić information content (AvgIpc) is 2.28. The molecule has 1 rings (SSSR count). The van der Waals surface area contributed by atoms with Crippen LogP contribution in [0.2, 0.25) is 0 Å². The van der Waals surface area contributed by atoms with Gasteiger partial charge in [0.25, 0.3) is 0 Å². The molecule has 1 atom stereocenters. The molecule has 0 aromatic heterocycles. The van der Waals surface area contributed by atoms with Crippen molar-refractivity contribution >= 4 is 6.29 Å². The molecule has 3 nitrogen and oxygen atoms in total. The first-order valence-electron chi connectivity index (χ1n) is 5.33. The quantitative estimate of drug-likeness (QED) is 0.743. The summed E-state index contributed by atoms with van der Waals surface area (Å²) in [5.74, 6) is 2.07. The van der Waals surface area contributed by atoms with Crippen LogP contribution in [0.15, 0.2) is 24.3 Å². The monoisotopic (exact) mass is 220 g/mol. The highest BCUT2D eigenvalue weighted by Crippen LogP contribution is 2.14. The molecule has 0 fully saturated rings. The highest BCUT2D eigenvalue weighted by Gasteiger charge is 2.02. The Morgan fingerprint density at radius 1 is 1.38 bits per heavy atom. The van der Waals surface area contributed by atoms with E-state index in [-0.39, 0.29) is 0 Å². The summed E-state index contributed by atoms with van der Waals surface area (Å²) in [6.45, 7) is 4.68. The predicted molar refractivity (Wildman–Crippen MR) is 64.3 cm³/mol. The van der Waals surface area contributed by atoms with Crippen LogP contribution in [0.1, 0.15) is 19.4 Å². The van der Waals surface area contributed by atoms with Crippen molar-refractivity contribution in [1.29, 1.82) is 0 Å². The molecule has 1 aromatic carbocycles. The van der Waals surface area contributed by atoms with Crippen molar-refractivity contribution in [3.8, 4) is 5.75 Å². The lowest BCUT2D eigenvalue weighted by molar-refractivity contribution is -0.108. The minimum atomic E-state index is -0.419. The van der Waals surface area contributed by atoms with Crippen LogP contribution in [0.3, 0.4) is 0 Å². The molecule has 0 saturated carbocycles. The van der Waals surface area contributed by atoms with E-state index in [0.717, 1.165) is 17.6 Å². The smallest absolute Gasteiger partial charge is 0.137 e. The van der Waals surface area contributed by atoms with Crippen molar-refractivity contribution in [2.75, 3.05) is 6.61 Å². The van der Waals surface area contributed by atoms with E-state index in [1.54, 1.807) is 0 Å². The second kappa shape index (κ2) is 6.28. The molecule has 0 aliphatic carbocycles. The molecule has 1 radical (unpaired) electrons.